The average molecular weight is 491 g/mol. The Morgan fingerprint density at radius 3 is 2.29 bits per heavy atom. The Morgan fingerprint density at radius 1 is 0.857 bits per heavy atom. The van der Waals surface area contributed by atoms with Gasteiger partial charge < -0.3 is 9.64 Å². The largest absolute Gasteiger partial charge is 0.373 e. The third-order valence-corrected chi connectivity index (χ3v) is 8.62. The Kier molecular flexibility index (Phi) is 6.49. The van der Waals surface area contributed by atoms with Crippen molar-refractivity contribution in [1.29, 1.82) is 0 Å². The lowest BCUT2D eigenvalue weighted by atomic mass is 9.84. The second-order valence-corrected chi connectivity index (χ2v) is 11.4. The van der Waals surface area contributed by atoms with Crippen molar-refractivity contribution in [2.45, 2.75) is 43.4 Å². The van der Waals surface area contributed by atoms with Crippen LogP contribution in [-0.2, 0) is 21.3 Å². The molecule has 1 amide bonds. The molecule has 0 unspecified atom stereocenters. The first-order chi connectivity index (χ1) is 16.8. The summed E-state index contributed by atoms with van der Waals surface area (Å²) in [5.74, 6) is -0.102. The number of amides is 1. The number of morpholine rings is 1. The van der Waals surface area contributed by atoms with Gasteiger partial charge in [0.05, 0.1) is 17.1 Å². The molecule has 1 fully saturated rings. The van der Waals surface area contributed by atoms with Gasteiger partial charge in [-0.25, -0.2) is 8.42 Å². The van der Waals surface area contributed by atoms with Crippen molar-refractivity contribution in [3.63, 3.8) is 0 Å². The molecule has 0 saturated carbocycles. The number of fused-ring (bicyclic) bond motifs is 1. The van der Waals surface area contributed by atoms with Gasteiger partial charge in [-0.3, -0.25) is 4.79 Å². The third-order valence-electron chi connectivity index (χ3n) is 6.79. The van der Waals surface area contributed by atoms with E-state index in [9.17, 15) is 13.2 Å². The van der Waals surface area contributed by atoms with Crippen molar-refractivity contribution in [2.75, 3.05) is 19.6 Å². The van der Waals surface area contributed by atoms with E-state index < -0.39 is 10.0 Å². The molecule has 0 spiro atoms. The summed E-state index contributed by atoms with van der Waals surface area (Å²) in [6.07, 6.45) is -0.358. The van der Waals surface area contributed by atoms with Gasteiger partial charge in [0.25, 0.3) is 5.91 Å². The van der Waals surface area contributed by atoms with E-state index in [1.54, 1.807) is 18.2 Å². The molecule has 0 N–H and O–H groups in total. The Labute approximate surface area is 207 Å². The number of hydrogen-bond donors (Lipinski definition) is 0. The van der Waals surface area contributed by atoms with Crippen LogP contribution in [0.3, 0.4) is 0 Å². The molecule has 5 rings (SSSR count). The molecule has 0 bridgehead atoms. The van der Waals surface area contributed by atoms with E-state index in [1.807, 2.05) is 49.1 Å². The highest BCUT2D eigenvalue weighted by Crippen LogP contribution is 2.34. The number of ether oxygens (including phenoxy) is 1. The molecule has 3 aromatic rings. The first-order valence-electron chi connectivity index (χ1n) is 12.0. The van der Waals surface area contributed by atoms with Crippen LogP contribution >= 0.6 is 0 Å². The molecule has 3 aromatic carbocycles. The first kappa shape index (κ1) is 23.7. The summed E-state index contributed by atoms with van der Waals surface area (Å²) in [4.78, 5) is 15.6. The summed E-state index contributed by atoms with van der Waals surface area (Å²) < 4.78 is 33.9. The highest BCUT2D eigenvalue weighted by molar-refractivity contribution is 7.89. The fourth-order valence-electron chi connectivity index (χ4n) is 5.18. The van der Waals surface area contributed by atoms with Crippen molar-refractivity contribution in [3.8, 4) is 0 Å². The predicted octanol–water partition coefficient (Wildman–Crippen LogP) is 4.27. The average Bonchev–Trinajstić information content (AvgIpc) is 2.87. The lowest BCUT2D eigenvalue weighted by Gasteiger charge is -2.35. The fourth-order valence-corrected chi connectivity index (χ4v) is 6.82. The number of rotatable bonds is 4. The second kappa shape index (κ2) is 9.57. The topological polar surface area (TPSA) is 66.9 Å². The molecule has 7 heteroatoms. The lowest BCUT2D eigenvalue weighted by Crippen LogP contribution is -2.48. The molecule has 3 atom stereocenters. The monoisotopic (exact) mass is 490 g/mol. The van der Waals surface area contributed by atoms with Gasteiger partial charge in [0.2, 0.25) is 10.0 Å². The van der Waals surface area contributed by atoms with Crippen LogP contribution in [0.25, 0.3) is 0 Å². The molecule has 2 heterocycles. The van der Waals surface area contributed by atoms with Crippen LogP contribution in [0.2, 0.25) is 0 Å². The summed E-state index contributed by atoms with van der Waals surface area (Å²) in [7, 11) is -3.73. The maximum absolute atomic E-state index is 13.6. The molecule has 0 aliphatic carbocycles. The van der Waals surface area contributed by atoms with Crippen LogP contribution < -0.4 is 0 Å². The minimum absolute atomic E-state index is 0.0633. The van der Waals surface area contributed by atoms with Gasteiger partial charge in [0.15, 0.2) is 0 Å². The summed E-state index contributed by atoms with van der Waals surface area (Å²) in [6, 6.07) is 24.8. The van der Waals surface area contributed by atoms with E-state index in [-0.39, 0.29) is 28.9 Å². The van der Waals surface area contributed by atoms with E-state index in [4.69, 9.17) is 4.74 Å². The third kappa shape index (κ3) is 4.76. The predicted molar refractivity (Wildman–Crippen MR) is 135 cm³/mol. The van der Waals surface area contributed by atoms with Crippen molar-refractivity contribution >= 4 is 15.9 Å². The SMILES string of the molecule is C[C@@H]1CN(S(=O)(=O)c2cccc(C(=O)N3Cc4ccccc4[C@H](c4ccccc4)C3)c2)C[C@@H](C)O1. The maximum Gasteiger partial charge on any atom is 0.254 e. The van der Waals surface area contributed by atoms with Crippen molar-refractivity contribution < 1.29 is 17.9 Å². The van der Waals surface area contributed by atoms with E-state index >= 15 is 0 Å². The Bertz CT molecular complexity index is 1320. The first-order valence-corrected chi connectivity index (χ1v) is 13.4. The highest BCUT2D eigenvalue weighted by atomic mass is 32.2. The van der Waals surface area contributed by atoms with Gasteiger partial charge in [-0.15, -0.1) is 0 Å². The summed E-state index contributed by atoms with van der Waals surface area (Å²) >= 11 is 0. The van der Waals surface area contributed by atoms with Gasteiger partial charge in [-0.05, 0) is 48.7 Å². The van der Waals surface area contributed by atoms with Crippen molar-refractivity contribution in [2.24, 2.45) is 0 Å². The smallest absolute Gasteiger partial charge is 0.254 e. The van der Waals surface area contributed by atoms with Crippen molar-refractivity contribution in [1.82, 2.24) is 9.21 Å². The molecule has 35 heavy (non-hydrogen) atoms. The molecular formula is C28H30N2O4S. The summed E-state index contributed by atoms with van der Waals surface area (Å²) in [5.41, 5.74) is 3.88. The van der Waals surface area contributed by atoms with Gasteiger partial charge in [-0.1, -0.05) is 60.7 Å². The zero-order valence-electron chi connectivity index (χ0n) is 20.0. The summed E-state index contributed by atoms with van der Waals surface area (Å²) in [5, 5.41) is 0. The Hall–Kier alpha value is -3.00. The normalized spacial score (nSPS) is 23.0. The summed E-state index contributed by atoms with van der Waals surface area (Å²) in [6.45, 7) is 5.37. The number of carbonyl (C=O) groups is 1. The lowest BCUT2D eigenvalue weighted by molar-refractivity contribution is -0.0440. The molecule has 182 valence electrons. The van der Waals surface area contributed by atoms with Gasteiger partial charge >= 0.3 is 0 Å². The van der Waals surface area contributed by atoms with Crippen LogP contribution in [0.1, 0.15) is 46.8 Å². The van der Waals surface area contributed by atoms with Gasteiger partial charge in [0, 0.05) is 37.7 Å². The Morgan fingerprint density at radius 2 is 1.54 bits per heavy atom. The van der Waals surface area contributed by atoms with Crippen LogP contribution in [0.4, 0.5) is 0 Å². The number of nitrogens with zero attached hydrogens (tertiary/aromatic N) is 2. The maximum atomic E-state index is 13.6. The van der Waals surface area contributed by atoms with Gasteiger partial charge in [-0.2, -0.15) is 4.31 Å². The molecule has 0 aromatic heterocycles. The highest BCUT2D eigenvalue weighted by Gasteiger charge is 2.34. The van der Waals surface area contributed by atoms with E-state index in [2.05, 4.69) is 24.3 Å². The molecule has 1 saturated heterocycles. The number of benzene rings is 3. The minimum atomic E-state index is -3.73. The second-order valence-electron chi connectivity index (χ2n) is 9.45. The van der Waals surface area contributed by atoms with Gasteiger partial charge in [0.1, 0.15) is 0 Å². The molecule has 2 aliphatic rings. The fraction of sp³-hybridized carbons (Fsp3) is 0.321. The standard InChI is InChI=1S/C28H30N2O4S/c1-20-16-30(17-21(2)34-20)35(32,33)25-13-8-12-23(15-25)28(31)29-18-24-11-6-7-14-26(24)27(19-29)22-9-4-3-5-10-22/h3-15,20-21,27H,16-19H2,1-2H3/t20-,21-,27+/m1/s1. The molecule has 0 radical (unpaired) electrons. The van der Waals surface area contributed by atoms with Crippen molar-refractivity contribution in [3.05, 3.63) is 101 Å². The molecule has 2 aliphatic heterocycles. The number of hydrogen-bond acceptors (Lipinski definition) is 4. The Balaban J connectivity index is 1.44. The minimum Gasteiger partial charge on any atom is -0.373 e. The zero-order valence-corrected chi connectivity index (χ0v) is 20.8. The molecular weight excluding hydrogens is 460 g/mol. The van der Waals surface area contributed by atoms with Crippen LogP contribution in [0.5, 0.6) is 0 Å². The van der Waals surface area contributed by atoms with Crippen LogP contribution in [0.15, 0.2) is 83.8 Å². The van der Waals surface area contributed by atoms with E-state index in [1.165, 1.54) is 15.9 Å². The van der Waals surface area contributed by atoms with Crippen LogP contribution in [-0.4, -0.2) is 55.4 Å². The van der Waals surface area contributed by atoms with E-state index in [0.29, 0.717) is 31.7 Å². The van der Waals surface area contributed by atoms with E-state index in [0.717, 1.165) is 11.1 Å². The molecule has 6 nitrogen and oxygen atoms in total. The quantitative estimate of drug-likeness (QED) is 0.548. The zero-order chi connectivity index (χ0) is 24.6. The number of carbonyl (C=O) groups excluding carboxylic acids is 1. The number of sulfonamides is 1. The van der Waals surface area contributed by atoms with Crippen LogP contribution in [0, 0.1) is 0 Å².